The number of phenols is 1. The minimum Gasteiger partial charge on any atom is -0.506 e. The number of hydrogen-bond donors (Lipinski definition) is 4. The maximum Gasteiger partial charge on any atom is 0.142 e. The number of anilines is 1. The van der Waals surface area contributed by atoms with Crippen molar-refractivity contribution in [3.8, 4) is 11.5 Å². The molecule has 0 aliphatic carbocycles. The summed E-state index contributed by atoms with van der Waals surface area (Å²) in [5, 5.41) is 18.4. The van der Waals surface area contributed by atoms with E-state index in [0.717, 1.165) is 0 Å². The molecule has 4 N–H and O–H groups in total. The molecule has 4 nitrogen and oxygen atoms in total. The van der Waals surface area contributed by atoms with E-state index >= 15 is 0 Å². The standard InChI is InChI=1S/C9H13NO3S/c10-8-2-1-7(3-9(8)12)13-4-6(11)5-14/h1-3,6,11-12,14H,4-5,10H2/t6-/m1/s1. The van der Waals surface area contributed by atoms with Crippen molar-refractivity contribution in [2.75, 3.05) is 18.1 Å². The molecule has 1 rings (SSSR count). The van der Waals surface area contributed by atoms with Crippen LogP contribution in [0, 0.1) is 0 Å². The van der Waals surface area contributed by atoms with Crippen LogP contribution >= 0.6 is 12.6 Å². The first-order valence-corrected chi connectivity index (χ1v) is 4.77. The summed E-state index contributed by atoms with van der Waals surface area (Å²) < 4.78 is 5.18. The minimum atomic E-state index is -0.613. The van der Waals surface area contributed by atoms with Crippen LogP contribution in [0.4, 0.5) is 5.69 Å². The summed E-state index contributed by atoms with van der Waals surface area (Å²) >= 11 is 3.90. The smallest absolute Gasteiger partial charge is 0.142 e. The van der Waals surface area contributed by atoms with Crippen LogP contribution in [-0.2, 0) is 0 Å². The quantitative estimate of drug-likeness (QED) is 0.338. The van der Waals surface area contributed by atoms with Crippen LogP contribution in [0.5, 0.6) is 11.5 Å². The highest BCUT2D eigenvalue weighted by molar-refractivity contribution is 7.80. The number of hydrogen-bond acceptors (Lipinski definition) is 5. The van der Waals surface area contributed by atoms with Crippen LogP contribution in [0.1, 0.15) is 0 Å². The zero-order valence-corrected chi connectivity index (χ0v) is 8.45. The van der Waals surface area contributed by atoms with E-state index in [1.54, 1.807) is 6.07 Å². The van der Waals surface area contributed by atoms with Gasteiger partial charge in [-0.1, -0.05) is 0 Å². The van der Waals surface area contributed by atoms with Gasteiger partial charge in [-0.05, 0) is 12.1 Å². The fourth-order valence-corrected chi connectivity index (χ4v) is 0.964. The van der Waals surface area contributed by atoms with Crippen molar-refractivity contribution in [3.63, 3.8) is 0 Å². The number of rotatable bonds is 4. The number of aliphatic hydroxyl groups excluding tert-OH is 1. The molecule has 0 saturated carbocycles. The molecule has 0 radical (unpaired) electrons. The average molecular weight is 215 g/mol. The molecule has 0 aliphatic heterocycles. The maximum absolute atomic E-state index is 9.24. The van der Waals surface area contributed by atoms with Gasteiger partial charge >= 0.3 is 0 Å². The van der Waals surface area contributed by atoms with Crippen LogP contribution in [-0.4, -0.2) is 28.7 Å². The lowest BCUT2D eigenvalue weighted by Gasteiger charge is -2.10. The van der Waals surface area contributed by atoms with Gasteiger partial charge in [-0.25, -0.2) is 0 Å². The molecule has 0 fully saturated rings. The van der Waals surface area contributed by atoms with E-state index in [0.29, 0.717) is 17.2 Å². The number of phenolic OH excluding ortho intramolecular Hbond substituents is 1. The van der Waals surface area contributed by atoms with Gasteiger partial charge in [0.05, 0.1) is 11.8 Å². The summed E-state index contributed by atoms with van der Waals surface area (Å²) in [6, 6.07) is 4.57. The van der Waals surface area contributed by atoms with Gasteiger partial charge < -0.3 is 20.7 Å². The number of aromatic hydroxyl groups is 1. The van der Waals surface area contributed by atoms with Gasteiger partial charge in [-0.3, -0.25) is 0 Å². The first kappa shape index (κ1) is 11.0. The molecule has 78 valence electrons. The van der Waals surface area contributed by atoms with E-state index in [1.165, 1.54) is 12.1 Å². The summed E-state index contributed by atoms with van der Waals surface area (Å²) in [5.41, 5.74) is 5.70. The van der Waals surface area contributed by atoms with Crippen LogP contribution in [0.2, 0.25) is 0 Å². The molecule has 14 heavy (non-hydrogen) atoms. The highest BCUT2D eigenvalue weighted by atomic mass is 32.1. The molecule has 0 aromatic heterocycles. The first-order valence-electron chi connectivity index (χ1n) is 4.13. The van der Waals surface area contributed by atoms with E-state index in [1.807, 2.05) is 0 Å². The zero-order valence-electron chi connectivity index (χ0n) is 7.55. The molecule has 0 saturated heterocycles. The maximum atomic E-state index is 9.24. The molecule has 0 unspecified atom stereocenters. The van der Waals surface area contributed by atoms with E-state index < -0.39 is 6.10 Å². The Morgan fingerprint density at radius 2 is 2.21 bits per heavy atom. The lowest BCUT2D eigenvalue weighted by molar-refractivity contribution is 0.126. The lowest BCUT2D eigenvalue weighted by atomic mass is 10.3. The third-order valence-electron chi connectivity index (χ3n) is 1.66. The molecule has 0 aliphatic rings. The van der Waals surface area contributed by atoms with Crippen molar-refractivity contribution < 1.29 is 14.9 Å². The summed E-state index contributed by atoms with van der Waals surface area (Å²) in [5.74, 6) is 0.779. The summed E-state index contributed by atoms with van der Waals surface area (Å²) in [7, 11) is 0. The second-order valence-corrected chi connectivity index (χ2v) is 3.23. The van der Waals surface area contributed by atoms with E-state index in [9.17, 15) is 5.11 Å². The molecule has 0 spiro atoms. The van der Waals surface area contributed by atoms with E-state index in [4.69, 9.17) is 15.6 Å². The van der Waals surface area contributed by atoms with Crippen LogP contribution in [0.3, 0.4) is 0 Å². The molecule has 5 heteroatoms. The number of aliphatic hydroxyl groups is 1. The molecule has 0 heterocycles. The van der Waals surface area contributed by atoms with Crippen LogP contribution in [0.25, 0.3) is 0 Å². The highest BCUT2D eigenvalue weighted by Gasteiger charge is 2.04. The highest BCUT2D eigenvalue weighted by Crippen LogP contribution is 2.25. The molecule has 0 amide bonds. The third kappa shape index (κ3) is 3.01. The Hall–Kier alpha value is -1.07. The molecule has 1 aromatic carbocycles. The van der Waals surface area contributed by atoms with Gasteiger partial charge in [0, 0.05) is 11.8 Å². The van der Waals surface area contributed by atoms with Crippen LogP contribution < -0.4 is 10.5 Å². The Labute approximate surface area is 87.7 Å². The van der Waals surface area contributed by atoms with E-state index in [-0.39, 0.29) is 12.4 Å². The number of thiol groups is 1. The molecule has 1 aromatic rings. The normalized spacial score (nSPS) is 12.4. The number of benzene rings is 1. The van der Waals surface area contributed by atoms with Gasteiger partial charge in [0.2, 0.25) is 0 Å². The minimum absolute atomic E-state index is 0.0251. The first-order chi connectivity index (χ1) is 6.63. The Morgan fingerprint density at radius 3 is 2.79 bits per heavy atom. The Kier molecular flexibility index (Phi) is 3.91. The van der Waals surface area contributed by atoms with Crippen molar-refractivity contribution in [3.05, 3.63) is 18.2 Å². The van der Waals surface area contributed by atoms with Gasteiger partial charge in [-0.2, -0.15) is 12.6 Å². The topological polar surface area (TPSA) is 75.7 Å². The van der Waals surface area contributed by atoms with Crippen molar-refractivity contribution in [1.82, 2.24) is 0 Å². The van der Waals surface area contributed by atoms with Gasteiger partial charge in [-0.15, -0.1) is 0 Å². The molecule has 1 atom stereocenters. The monoisotopic (exact) mass is 215 g/mol. The predicted octanol–water partition coefficient (Wildman–Crippen LogP) is 0.644. The van der Waals surface area contributed by atoms with Crippen molar-refractivity contribution >= 4 is 18.3 Å². The molecular formula is C9H13NO3S. The van der Waals surface area contributed by atoms with Crippen molar-refractivity contribution in [1.29, 1.82) is 0 Å². The van der Waals surface area contributed by atoms with Gasteiger partial charge in [0.15, 0.2) is 0 Å². The summed E-state index contributed by atoms with van der Waals surface area (Å²) in [6.45, 7) is 0.146. The zero-order chi connectivity index (χ0) is 10.6. The number of nitrogen functional groups attached to an aromatic ring is 1. The Bertz CT molecular complexity index is 306. The predicted molar refractivity (Wildman–Crippen MR) is 57.9 cm³/mol. The SMILES string of the molecule is Nc1ccc(OC[C@@H](O)CS)cc1O. The van der Waals surface area contributed by atoms with Crippen molar-refractivity contribution in [2.24, 2.45) is 0 Å². The third-order valence-corrected chi connectivity index (χ3v) is 2.08. The molecular weight excluding hydrogens is 202 g/mol. The fraction of sp³-hybridized carbons (Fsp3) is 0.333. The molecule has 0 bridgehead atoms. The fourth-order valence-electron chi connectivity index (χ4n) is 0.858. The number of nitrogens with two attached hydrogens (primary N) is 1. The lowest BCUT2D eigenvalue weighted by Crippen LogP contribution is -2.18. The van der Waals surface area contributed by atoms with Gasteiger partial charge in [0.1, 0.15) is 18.1 Å². The largest absolute Gasteiger partial charge is 0.506 e. The van der Waals surface area contributed by atoms with Gasteiger partial charge in [0.25, 0.3) is 0 Å². The van der Waals surface area contributed by atoms with Crippen molar-refractivity contribution in [2.45, 2.75) is 6.10 Å². The Morgan fingerprint density at radius 1 is 1.50 bits per heavy atom. The second-order valence-electron chi connectivity index (χ2n) is 2.87. The van der Waals surface area contributed by atoms with Crippen LogP contribution in [0.15, 0.2) is 18.2 Å². The number of ether oxygens (including phenoxy) is 1. The summed E-state index contributed by atoms with van der Waals surface area (Å²) in [4.78, 5) is 0. The summed E-state index contributed by atoms with van der Waals surface area (Å²) in [6.07, 6.45) is -0.613. The van der Waals surface area contributed by atoms with E-state index in [2.05, 4.69) is 12.6 Å². The Balaban J connectivity index is 2.55. The second kappa shape index (κ2) is 4.97. The average Bonchev–Trinajstić information content (AvgIpc) is 2.19.